The summed E-state index contributed by atoms with van der Waals surface area (Å²) in [7, 11) is -0.767. The Morgan fingerprint density at radius 2 is 1.83 bits per heavy atom. The molecular formula is C20H29BClFN2O4. The van der Waals surface area contributed by atoms with Gasteiger partial charge >= 0.3 is 13.2 Å². The van der Waals surface area contributed by atoms with Crippen LogP contribution in [-0.2, 0) is 14.0 Å². The van der Waals surface area contributed by atoms with Gasteiger partial charge in [-0.2, -0.15) is 0 Å². The maximum atomic E-state index is 13.9. The van der Waals surface area contributed by atoms with Gasteiger partial charge in [0.05, 0.1) is 21.9 Å². The summed E-state index contributed by atoms with van der Waals surface area (Å²) in [5.41, 5.74) is 5.32. The number of rotatable bonds is 4. The second-order valence-corrected chi connectivity index (χ2v) is 9.46. The Balaban J connectivity index is 2.35. The number of nitrogens with two attached hydrogens (primary N) is 1. The topological polar surface area (TPSA) is 82.8 Å². The molecule has 1 saturated heterocycles. The smallest absolute Gasteiger partial charge is 0.444 e. The lowest BCUT2D eigenvalue weighted by atomic mass is 9.77. The third-order valence-electron chi connectivity index (χ3n) is 4.86. The van der Waals surface area contributed by atoms with E-state index in [-0.39, 0.29) is 17.3 Å². The van der Waals surface area contributed by atoms with Gasteiger partial charge in [0.15, 0.2) is 0 Å². The van der Waals surface area contributed by atoms with Crippen LogP contribution in [0.2, 0.25) is 5.02 Å². The van der Waals surface area contributed by atoms with Crippen LogP contribution in [0.3, 0.4) is 0 Å². The lowest BCUT2D eigenvalue weighted by Crippen LogP contribution is -2.41. The molecule has 29 heavy (non-hydrogen) atoms. The van der Waals surface area contributed by atoms with Crippen LogP contribution in [0.5, 0.6) is 0 Å². The van der Waals surface area contributed by atoms with Gasteiger partial charge in [-0.15, -0.1) is 0 Å². The molecular weight excluding hydrogens is 397 g/mol. The Morgan fingerprint density at radius 3 is 2.34 bits per heavy atom. The third-order valence-corrected chi connectivity index (χ3v) is 5.17. The molecule has 0 unspecified atom stereocenters. The monoisotopic (exact) mass is 426 g/mol. The highest BCUT2D eigenvalue weighted by Crippen LogP contribution is 2.39. The summed E-state index contributed by atoms with van der Waals surface area (Å²) in [5, 5.41) is 2.78. The number of benzene rings is 1. The molecule has 1 aromatic rings. The largest absolute Gasteiger partial charge is 0.492 e. The van der Waals surface area contributed by atoms with Gasteiger partial charge in [-0.1, -0.05) is 17.7 Å². The predicted octanol–water partition coefficient (Wildman–Crippen LogP) is 4.60. The normalized spacial score (nSPS) is 18.7. The number of anilines is 1. The Bertz CT molecular complexity index is 805. The lowest BCUT2D eigenvalue weighted by molar-refractivity contribution is 0.00578. The summed E-state index contributed by atoms with van der Waals surface area (Å²) in [6.45, 7) is 13.0. The number of halogens is 2. The fraction of sp³-hybridized carbons (Fsp3) is 0.550. The molecule has 2 rings (SSSR count). The summed E-state index contributed by atoms with van der Waals surface area (Å²) in [5.74, 6) is -0.524. The van der Waals surface area contributed by atoms with E-state index in [0.29, 0.717) is 11.0 Å². The number of hydrogen-bond acceptors (Lipinski definition) is 5. The van der Waals surface area contributed by atoms with Crippen molar-refractivity contribution >= 4 is 36.6 Å². The van der Waals surface area contributed by atoms with Gasteiger partial charge in [-0.3, -0.25) is 0 Å². The number of ether oxygens (including phenoxy) is 1. The molecule has 0 aromatic heterocycles. The molecule has 1 aliphatic rings. The van der Waals surface area contributed by atoms with Crippen molar-refractivity contribution in [3.05, 3.63) is 34.0 Å². The fourth-order valence-corrected chi connectivity index (χ4v) is 2.82. The van der Waals surface area contributed by atoms with Crippen molar-refractivity contribution in [2.24, 2.45) is 0 Å². The Kier molecular flexibility index (Phi) is 6.62. The van der Waals surface area contributed by atoms with Crippen molar-refractivity contribution in [2.75, 3.05) is 12.3 Å². The van der Waals surface area contributed by atoms with E-state index in [1.54, 1.807) is 26.8 Å². The summed E-state index contributed by atoms with van der Waals surface area (Å²) in [4.78, 5) is 12.1. The average molecular weight is 427 g/mol. The number of carbonyl (C=O) groups is 1. The van der Waals surface area contributed by atoms with Gasteiger partial charge in [-0.05, 0) is 66.1 Å². The van der Waals surface area contributed by atoms with E-state index in [2.05, 4.69) is 5.32 Å². The SMILES string of the molecule is CC(C)(C)OC(=O)NCC(=Cc1cc(F)cc(Cl)c1N)B1OC(C)(C)C(C)(C)O1. The minimum atomic E-state index is -0.767. The van der Waals surface area contributed by atoms with Gasteiger partial charge in [0.1, 0.15) is 11.4 Å². The molecule has 6 nitrogen and oxygen atoms in total. The Morgan fingerprint density at radius 1 is 1.28 bits per heavy atom. The first-order valence-electron chi connectivity index (χ1n) is 9.39. The molecule has 0 bridgehead atoms. The predicted molar refractivity (Wildman–Crippen MR) is 114 cm³/mol. The Hall–Kier alpha value is -1.77. The quantitative estimate of drug-likeness (QED) is 0.543. The van der Waals surface area contributed by atoms with Gasteiger partial charge in [0.2, 0.25) is 0 Å². The van der Waals surface area contributed by atoms with Gasteiger partial charge < -0.3 is 25.1 Å². The summed E-state index contributed by atoms with van der Waals surface area (Å²) >= 11 is 6.01. The molecule has 160 valence electrons. The number of alkyl carbamates (subject to hydrolysis) is 1. The first-order chi connectivity index (χ1) is 13.1. The highest BCUT2D eigenvalue weighted by Gasteiger charge is 2.52. The number of nitrogens with one attached hydrogen (secondary N) is 1. The molecule has 1 fully saturated rings. The molecule has 1 aliphatic heterocycles. The number of carbonyl (C=O) groups excluding carboxylic acids is 1. The molecule has 1 aromatic carbocycles. The molecule has 0 saturated carbocycles. The first-order valence-corrected chi connectivity index (χ1v) is 9.76. The van der Waals surface area contributed by atoms with Crippen LogP contribution in [0.25, 0.3) is 6.08 Å². The van der Waals surface area contributed by atoms with E-state index in [9.17, 15) is 9.18 Å². The van der Waals surface area contributed by atoms with Crippen LogP contribution in [0.15, 0.2) is 17.6 Å². The minimum Gasteiger partial charge on any atom is -0.444 e. The second kappa shape index (κ2) is 8.16. The van der Waals surface area contributed by atoms with Crippen LogP contribution in [0.4, 0.5) is 14.9 Å². The molecule has 0 atom stereocenters. The van der Waals surface area contributed by atoms with Gasteiger partial charge in [0.25, 0.3) is 0 Å². The zero-order valence-corrected chi connectivity index (χ0v) is 18.7. The zero-order chi connectivity index (χ0) is 22.2. The van der Waals surface area contributed by atoms with E-state index >= 15 is 0 Å². The van der Waals surface area contributed by atoms with E-state index in [4.69, 9.17) is 31.4 Å². The van der Waals surface area contributed by atoms with Crippen LogP contribution in [0.1, 0.15) is 54.0 Å². The van der Waals surface area contributed by atoms with Crippen LogP contribution >= 0.6 is 11.6 Å². The summed E-state index contributed by atoms with van der Waals surface area (Å²) in [6.07, 6.45) is 1.02. The number of amides is 1. The second-order valence-electron chi connectivity index (χ2n) is 9.05. The molecule has 0 aliphatic carbocycles. The van der Waals surface area contributed by atoms with Crippen molar-refractivity contribution in [3.8, 4) is 0 Å². The average Bonchev–Trinajstić information content (AvgIpc) is 2.74. The van der Waals surface area contributed by atoms with Crippen molar-refractivity contribution in [3.63, 3.8) is 0 Å². The summed E-state index contributed by atoms with van der Waals surface area (Å²) < 4.78 is 31.3. The third kappa shape index (κ3) is 5.87. The molecule has 3 N–H and O–H groups in total. The van der Waals surface area contributed by atoms with E-state index in [1.165, 1.54) is 6.07 Å². The number of hydrogen-bond donors (Lipinski definition) is 2. The van der Waals surface area contributed by atoms with Crippen molar-refractivity contribution in [2.45, 2.75) is 65.3 Å². The highest BCUT2D eigenvalue weighted by molar-refractivity contribution is 6.56. The molecule has 0 spiro atoms. The van der Waals surface area contributed by atoms with Crippen LogP contribution in [0, 0.1) is 5.82 Å². The lowest BCUT2D eigenvalue weighted by Gasteiger charge is -2.32. The number of nitrogen functional groups attached to an aromatic ring is 1. The van der Waals surface area contributed by atoms with Crippen molar-refractivity contribution in [1.82, 2.24) is 5.32 Å². The molecule has 0 radical (unpaired) electrons. The first kappa shape index (κ1) is 23.5. The standard InChI is InChI=1S/C20H29BClFN2O4/c1-18(2,3)27-17(26)25-11-13(21-28-19(4,5)20(6,7)29-21)8-12-9-14(23)10-15(22)16(12)24/h8-10H,11,24H2,1-7H3,(H,25,26). The van der Waals surface area contributed by atoms with E-state index in [0.717, 1.165) is 6.07 Å². The molecule has 1 heterocycles. The van der Waals surface area contributed by atoms with Crippen LogP contribution in [-0.4, -0.2) is 36.6 Å². The van der Waals surface area contributed by atoms with Crippen LogP contribution < -0.4 is 11.1 Å². The Labute approximate surface area is 177 Å². The minimum absolute atomic E-state index is 0.0549. The van der Waals surface area contributed by atoms with Gasteiger partial charge in [0, 0.05) is 12.1 Å². The van der Waals surface area contributed by atoms with Gasteiger partial charge in [-0.25, -0.2) is 9.18 Å². The maximum absolute atomic E-state index is 13.9. The molecule has 9 heteroatoms. The maximum Gasteiger partial charge on any atom is 0.492 e. The zero-order valence-electron chi connectivity index (χ0n) is 18.0. The fourth-order valence-electron chi connectivity index (χ4n) is 2.61. The summed E-state index contributed by atoms with van der Waals surface area (Å²) in [6, 6.07) is 2.40. The van der Waals surface area contributed by atoms with E-state index in [1.807, 2.05) is 27.7 Å². The molecule has 1 amide bonds. The van der Waals surface area contributed by atoms with Crippen molar-refractivity contribution < 1.29 is 23.2 Å². The van der Waals surface area contributed by atoms with E-state index < -0.39 is 35.8 Å². The highest BCUT2D eigenvalue weighted by atomic mass is 35.5. The van der Waals surface area contributed by atoms with Crippen molar-refractivity contribution in [1.29, 1.82) is 0 Å².